The lowest BCUT2D eigenvalue weighted by Gasteiger charge is -2.15. The average Bonchev–Trinajstić information content (AvgIpc) is 3.00. The first-order valence-electron chi connectivity index (χ1n) is 5.76. The molecule has 5 heteroatoms. The Morgan fingerprint density at radius 2 is 2.29 bits per heavy atom. The van der Waals surface area contributed by atoms with Crippen LogP contribution < -0.4 is 5.32 Å². The molecule has 0 radical (unpaired) electrons. The average molecular weight is 299 g/mol. The highest BCUT2D eigenvalue weighted by molar-refractivity contribution is 9.10. The maximum atomic E-state index is 10.9. The van der Waals surface area contributed by atoms with Gasteiger partial charge < -0.3 is 5.32 Å². The number of rotatable bonds is 5. The first-order chi connectivity index (χ1) is 8.06. The molecule has 0 aromatic heterocycles. The molecule has 1 fully saturated rings. The van der Waals surface area contributed by atoms with Crippen molar-refractivity contribution in [1.29, 1.82) is 0 Å². The van der Waals surface area contributed by atoms with E-state index in [4.69, 9.17) is 0 Å². The number of anilines is 1. The van der Waals surface area contributed by atoms with Crippen molar-refractivity contribution in [3.8, 4) is 0 Å². The molecule has 1 aliphatic carbocycles. The molecule has 1 aromatic rings. The van der Waals surface area contributed by atoms with Gasteiger partial charge in [-0.15, -0.1) is 0 Å². The first kappa shape index (κ1) is 12.4. The van der Waals surface area contributed by atoms with Crippen molar-refractivity contribution in [3.63, 3.8) is 0 Å². The van der Waals surface area contributed by atoms with E-state index < -0.39 is 0 Å². The van der Waals surface area contributed by atoms with E-state index in [9.17, 15) is 10.1 Å². The van der Waals surface area contributed by atoms with Crippen molar-refractivity contribution < 1.29 is 4.92 Å². The van der Waals surface area contributed by atoms with Gasteiger partial charge in [-0.25, -0.2) is 0 Å². The van der Waals surface area contributed by atoms with Gasteiger partial charge in [-0.05, 0) is 31.4 Å². The van der Waals surface area contributed by atoms with Gasteiger partial charge in [0.1, 0.15) is 5.69 Å². The molecule has 1 aliphatic rings. The fourth-order valence-corrected chi connectivity index (χ4v) is 2.32. The third kappa shape index (κ3) is 3.43. The molecule has 1 unspecified atom stereocenters. The molecule has 0 saturated heterocycles. The third-order valence-electron chi connectivity index (χ3n) is 2.94. The highest BCUT2D eigenvalue weighted by Crippen LogP contribution is 2.35. The molecule has 1 aromatic carbocycles. The number of hydrogen-bond donors (Lipinski definition) is 1. The molecule has 1 N–H and O–H groups in total. The maximum Gasteiger partial charge on any atom is 0.292 e. The van der Waals surface area contributed by atoms with E-state index in [1.54, 1.807) is 12.1 Å². The summed E-state index contributed by atoms with van der Waals surface area (Å²) in [4.78, 5) is 10.6. The molecule has 0 heterocycles. The van der Waals surface area contributed by atoms with Gasteiger partial charge in [0.25, 0.3) is 5.69 Å². The molecule has 1 atom stereocenters. The molecule has 0 spiro atoms. The Morgan fingerprint density at radius 3 is 2.88 bits per heavy atom. The standard InChI is InChI=1S/C12H15BrN2O2/c1-8(6-9-2-3-9)14-11-7-10(13)4-5-12(11)15(16)17/h4-5,7-9,14H,2-3,6H2,1H3. The van der Waals surface area contributed by atoms with Crippen LogP contribution >= 0.6 is 15.9 Å². The SMILES string of the molecule is CC(CC1CC1)Nc1cc(Br)ccc1[N+](=O)[O-]. The summed E-state index contributed by atoms with van der Waals surface area (Å²) in [5, 5.41) is 14.1. The van der Waals surface area contributed by atoms with Crippen LogP contribution in [-0.2, 0) is 0 Å². The number of hydrogen-bond acceptors (Lipinski definition) is 3. The van der Waals surface area contributed by atoms with Gasteiger partial charge in [0.2, 0.25) is 0 Å². The highest BCUT2D eigenvalue weighted by atomic mass is 79.9. The van der Waals surface area contributed by atoms with Crippen LogP contribution in [0.3, 0.4) is 0 Å². The van der Waals surface area contributed by atoms with Gasteiger partial charge in [0.15, 0.2) is 0 Å². The molecule has 2 rings (SSSR count). The van der Waals surface area contributed by atoms with E-state index in [2.05, 4.69) is 28.2 Å². The minimum Gasteiger partial charge on any atom is -0.377 e. The molecule has 0 bridgehead atoms. The molecule has 17 heavy (non-hydrogen) atoms. The Balaban J connectivity index is 2.11. The summed E-state index contributed by atoms with van der Waals surface area (Å²) >= 11 is 3.34. The van der Waals surface area contributed by atoms with Crippen molar-refractivity contribution in [2.45, 2.75) is 32.2 Å². The lowest BCUT2D eigenvalue weighted by atomic mass is 10.1. The van der Waals surface area contributed by atoms with Crippen LogP contribution in [0.2, 0.25) is 0 Å². The Morgan fingerprint density at radius 1 is 1.59 bits per heavy atom. The second-order valence-corrected chi connectivity index (χ2v) is 5.56. The minimum absolute atomic E-state index is 0.135. The Hall–Kier alpha value is -1.10. The number of nitrogens with one attached hydrogen (secondary N) is 1. The lowest BCUT2D eigenvalue weighted by molar-refractivity contribution is -0.384. The maximum absolute atomic E-state index is 10.9. The number of benzene rings is 1. The number of nitrogens with zero attached hydrogens (tertiary/aromatic N) is 1. The van der Waals surface area contributed by atoms with E-state index in [1.165, 1.54) is 18.9 Å². The summed E-state index contributed by atoms with van der Waals surface area (Å²) in [5.41, 5.74) is 0.730. The zero-order valence-corrected chi connectivity index (χ0v) is 11.2. The van der Waals surface area contributed by atoms with Crippen LogP contribution in [0.15, 0.2) is 22.7 Å². The van der Waals surface area contributed by atoms with Crippen LogP contribution in [0.5, 0.6) is 0 Å². The van der Waals surface area contributed by atoms with E-state index in [0.717, 1.165) is 16.8 Å². The molecule has 92 valence electrons. The van der Waals surface area contributed by atoms with Crippen LogP contribution in [0, 0.1) is 16.0 Å². The van der Waals surface area contributed by atoms with Crippen molar-refractivity contribution in [2.75, 3.05) is 5.32 Å². The smallest absolute Gasteiger partial charge is 0.292 e. The van der Waals surface area contributed by atoms with Crippen LogP contribution in [0.4, 0.5) is 11.4 Å². The second kappa shape index (κ2) is 5.04. The largest absolute Gasteiger partial charge is 0.377 e. The topological polar surface area (TPSA) is 55.2 Å². The number of nitro groups is 1. The second-order valence-electron chi connectivity index (χ2n) is 4.64. The van der Waals surface area contributed by atoms with E-state index >= 15 is 0 Å². The van der Waals surface area contributed by atoms with E-state index in [-0.39, 0.29) is 16.7 Å². The van der Waals surface area contributed by atoms with Gasteiger partial charge in [0.05, 0.1) is 4.92 Å². The predicted molar refractivity (Wildman–Crippen MR) is 71.2 cm³/mol. The summed E-state index contributed by atoms with van der Waals surface area (Å²) in [7, 11) is 0. The van der Waals surface area contributed by atoms with Crippen molar-refractivity contribution in [1.82, 2.24) is 0 Å². The molecule has 1 saturated carbocycles. The molecule has 0 aliphatic heterocycles. The zero-order chi connectivity index (χ0) is 12.4. The summed E-state index contributed by atoms with van der Waals surface area (Å²) in [6.45, 7) is 2.07. The molecular weight excluding hydrogens is 284 g/mol. The van der Waals surface area contributed by atoms with Gasteiger partial charge in [-0.1, -0.05) is 28.8 Å². The summed E-state index contributed by atoms with van der Waals surface area (Å²) in [5.74, 6) is 0.809. The quantitative estimate of drug-likeness (QED) is 0.661. The normalized spacial score (nSPS) is 16.6. The molecule has 0 amide bonds. The monoisotopic (exact) mass is 298 g/mol. The van der Waals surface area contributed by atoms with Crippen molar-refractivity contribution in [2.24, 2.45) is 5.92 Å². The summed E-state index contributed by atoms with van der Waals surface area (Å²) in [6.07, 6.45) is 3.68. The number of nitro benzene ring substituents is 1. The van der Waals surface area contributed by atoms with Gasteiger partial charge in [-0.2, -0.15) is 0 Å². The lowest BCUT2D eigenvalue weighted by Crippen LogP contribution is -2.16. The van der Waals surface area contributed by atoms with Gasteiger partial charge in [0, 0.05) is 16.6 Å². The molecular formula is C12H15BrN2O2. The highest BCUT2D eigenvalue weighted by Gasteiger charge is 2.24. The first-order valence-corrected chi connectivity index (χ1v) is 6.56. The van der Waals surface area contributed by atoms with Crippen LogP contribution in [-0.4, -0.2) is 11.0 Å². The Bertz CT molecular complexity index is 433. The minimum atomic E-state index is -0.349. The third-order valence-corrected chi connectivity index (χ3v) is 3.43. The van der Waals surface area contributed by atoms with Crippen LogP contribution in [0.1, 0.15) is 26.2 Å². The van der Waals surface area contributed by atoms with Crippen molar-refractivity contribution >= 4 is 27.3 Å². The van der Waals surface area contributed by atoms with Crippen molar-refractivity contribution in [3.05, 3.63) is 32.8 Å². The van der Waals surface area contributed by atoms with Crippen LogP contribution in [0.25, 0.3) is 0 Å². The Labute approximate surface area is 109 Å². The summed E-state index contributed by atoms with van der Waals surface area (Å²) < 4.78 is 0.851. The molecule has 4 nitrogen and oxygen atoms in total. The Kier molecular flexibility index (Phi) is 3.66. The fraction of sp³-hybridized carbons (Fsp3) is 0.500. The zero-order valence-electron chi connectivity index (χ0n) is 9.65. The van der Waals surface area contributed by atoms with E-state index in [0.29, 0.717) is 5.69 Å². The van der Waals surface area contributed by atoms with Gasteiger partial charge >= 0.3 is 0 Å². The number of halogens is 1. The van der Waals surface area contributed by atoms with E-state index in [1.807, 2.05) is 0 Å². The van der Waals surface area contributed by atoms with Gasteiger partial charge in [-0.3, -0.25) is 10.1 Å². The summed E-state index contributed by atoms with van der Waals surface area (Å²) in [6, 6.07) is 5.25. The fourth-order valence-electron chi connectivity index (χ4n) is 1.96. The predicted octanol–water partition coefficient (Wildman–Crippen LogP) is 3.96.